The van der Waals surface area contributed by atoms with Crippen LogP contribution in [0.3, 0.4) is 0 Å². The van der Waals surface area contributed by atoms with Gasteiger partial charge in [0.05, 0.1) is 11.8 Å². The molecule has 1 N–H and O–H groups in total. The van der Waals surface area contributed by atoms with E-state index in [1.807, 2.05) is 4.90 Å². The van der Waals surface area contributed by atoms with Gasteiger partial charge in [-0.05, 0) is 13.3 Å². The lowest BCUT2D eigenvalue weighted by molar-refractivity contribution is 0.0502. The fraction of sp³-hybridized carbons (Fsp3) is 0.500. The average Bonchev–Trinajstić information content (AvgIpc) is 2.53. The number of nitrogens with one attached hydrogen (secondary N) is 1. The van der Waals surface area contributed by atoms with Crippen LogP contribution >= 0.6 is 0 Å². The van der Waals surface area contributed by atoms with Gasteiger partial charge in [-0.2, -0.15) is 5.10 Å². The molecule has 1 aliphatic rings. The number of H-pyrrole nitrogens is 1. The minimum absolute atomic E-state index is 0.0856. The smallest absolute Gasteiger partial charge is 0.257 e. The molecule has 2 heterocycles. The predicted molar refractivity (Wildman–Crippen MR) is 43.7 cm³/mol. The normalized spacial score (nSPS) is 22.1. The molecule has 4 heteroatoms. The lowest BCUT2D eigenvalue weighted by Crippen LogP contribution is -2.49. The molecule has 0 bridgehead atoms. The first kappa shape index (κ1) is 7.34. The SMILES string of the molecule is CC1CCN1C(=O)c1cn[nH]c1. The third-order valence-electron chi connectivity index (χ3n) is 2.33. The van der Waals surface area contributed by atoms with Crippen LogP contribution in [0.5, 0.6) is 0 Å². The highest BCUT2D eigenvalue weighted by Gasteiger charge is 2.29. The Balaban J connectivity index is 2.11. The van der Waals surface area contributed by atoms with E-state index in [0.717, 1.165) is 13.0 Å². The van der Waals surface area contributed by atoms with Crippen LogP contribution in [-0.4, -0.2) is 33.6 Å². The quantitative estimate of drug-likeness (QED) is 0.664. The summed E-state index contributed by atoms with van der Waals surface area (Å²) in [5.41, 5.74) is 0.654. The van der Waals surface area contributed by atoms with Crippen molar-refractivity contribution in [1.29, 1.82) is 0 Å². The van der Waals surface area contributed by atoms with Crippen LogP contribution in [0.4, 0.5) is 0 Å². The molecule has 0 spiro atoms. The number of likely N-dealkylation sites (tertiary alicyclic amines) is 1. The highest BCUT2D eigenvalue weighted by Crippen LogP contribution is 2.18. The zero-order valence-electron chi connectivity index (χ0n) is 6.95. The molecule has 4 nitrogen and oxygen atoms in total. The molecule has 1 aromatic rings. The number of aromatic nitrogens is 2. The van der Waals surface area contributed by atoms with Gasteiger partial charge in [-0.1, -0.05) is 0 Å². The van der Waals surface area contributed by atoms with Gasteiger partial charge in [-0.25, -0.2) is 0 Å². The summed E-state index contributed by atoms with van der Waals surface area (Å²) in [5.74, 6) is 0.0856. The van der Waals surface area contributed by atoms with Crippen molar-refractivity contribution in [2.24, 2.45) is 0 Å². The second-order valence-corrected chi connectivity index (χ2v) is 3.12. The summed E-state index contributed by atoms with van der Waals surface area (Å²) in [6.07, 6.45) is 4.31. The highest BCUT2D eigenvalue weighted by atomic mass is 16.2. The average molecular weight is 165 g/mol. The minimum atomic E-state index is 0.0856. The van der Waals surface area contributed by atoms with Crippen LogP contribution in [0.15, 0.2) is 12.4 Å². The molecule has 0 radical (unpaired) electrons. The fourth-order valence-corrected chi connectivity index (χ4v) is 1.35. The number of amides is 1. The molecule has 2 rings (SSSR count). The van der Waals surface area contributed by atoms with E-state index in [4.69, 9.17) is 0 Å². The lowest BCUT2D eigenvalue weighted by atomic mass is 10.0. The Labute approximate surface area is 70.6 Å². The van der Waals surface area contributed by atoms with Gasteiger partial charge in [-0.3, -0.25) is 9.89 Å². The van der Waals surface area contributed by atoms with Crippen molar-refractivity contribution in [3.05, 3.63) is 18.0 Å². The Hall–Kier alpha value is -1.32. The van der Waals surface area contributed by atoms with Crippen molar-refractivity contribution in [2.45, 2.75) is 19.4 Å². The number of hydrogen-bond acceptors (Lipinski definition) is 2. The molecule has 0 aliphatic carbocycles. The Morgan fingerprint density at radius 3 is 3.08 bits per heavy atom. The molecular weight excluding hydrogens is 154 g/mol. The van der Waals surface area contributed by atoms with Gasteiger partial charge >= 0.3 is 0 Å². The highest BCUT2D eigenvalue weighted by molar-refractivity contribution is 5.94. The van der Waals surface area contributed by atoms with Crippen molar-refractivity contribution in [3.8, 4) is 0 Å². The summed E-state index contributed by atoms with van der Waals surface area (Å²) in [7, 11) is 0. The van der Waals surface area contributed by atoms with Crippen molar-refractivity contribution in [1.82, 2.24) is 15.1 Å². The van der Waals surface area contributed by atoms with Crippen molar-refractivity contribution in [3.63, 3.8) is 0 Å². The monoisotopic (exact) mass is 165 g/mol. The molecule has 0 aromatic carbocycles. The molecule has 1 fully saturated rings. The molecule has 0 saturated carbocycles. The van der Waals surface area contributed by atoms with Crippen LogP contribution < -0.4 is 0 Å². The van der Waals surface area contributed by atoms with Gasteiger partial charge in [0.1, 0.15) is 0 Å². The summed E-state index contributed by atoms with van der Waals surface area (Å²) in [6.45, 7) is 2.94. The third-order valence-corrected chi connectivity index (χ3v) is 2.33. The fourth-order valence-electron chi connectivity index (χ4n) is 1.35. The van der Waals surface area contributed by atoms with E-state index in [-0.39, 0.29) is 5.91 Å². The Morgan fingerprint density at radius 1 is 1.83 bits per heavy atom. The van der Waals surface area contributed by atoms with E-state index in [1.165, 1.54) is 0 Å². The molecule has 12 heavy (non-hydrogen) atoms. The van der Waals surface area contributed by atoms with E-state index in [2.05, 4.69) is 17.1 Å². The van der Waals surface area contributed by atoms with E-state index < -0.39 is 0 Å². The van der Waals surface area contributed by atoms with Crippen molar-refractivity contribution in [2.75, 3.05) is 6.54 Å². The zero-order valence-corrected chi connectivity index (χ0v) is 6.95. The number of carbonyl (C=O) groups is 1. The van der Waals surface area contributed by atoms with Crippen LogP contribution in [0.1, 0.15) is 23.7 Å². The molecule has 1 aliphatic heterocycles. The molecule has 1 amide bonds. The first-order valence-electron chi connectivity index (χ1n) is 4.09. The molecule has 1 atom stereocenters. The van der Waals surface area contributed by atoms with Gasteiger partial charge in [0, 0.05) is 18.8 Å². The predicted octanol–water partition coefficient (Wildman–Crippen LogP) is 0.644. The maximum Gasteiger partial charge on any atom is 0.257 e. The standard InChI is InChI=1S/C8H11N3O/c1-6-2-3-11(6)8(12)7-4-9-10-5-7/h4-6H,2-3H2,1H3,(H,9,10). The number of aromatic amines is 1. The van der Waals surface area contributed by atoms with E-state index in [0.29, 0.717) is 11.6 Å². The Kier molecular flexibility index (Phi) is 1.60. The first-order valence-corrected chi connectivity index (χ1v) is 4.09. The summed E-state index contributed by atoms with van der Waals surface area (Å²) >= 11 is 0. The Morgan fingerprint density at radius 2 is 2.67 bits per heavy atom. The molecule has 1 saturated heterocycles. The number of carbonyl (C=O) groups excluding carboxylic acids is 1. The molecular formula is C8H11N3O. The largest absolute Gasteiger partial charge is 0.336 e. The maximum absolute atomic E-state index is 11.6. The van der Waals surface area contributed by atoms with Gasteiger partial charge in [-0.15, -0.1) is 0 Å². The van der Waals surface area contributed by atoms with Crippen LogP contribution in [0.25, 0.3) is 0 Å². The minimum Gasteiger partial charge on any atom is -0.336 e. The summed E-state index contributed by atoms with van der Waals surface area (Å²) in [5, 5.41) is 6.37. The van der Waals surface area contributed by atoms with Gasteiger partial charge in [0.2, 0.25) is 0 Å². The number of rotatable bonds is 1. The third kappa shape index (κ3) is 0.995. The van der Waals surface area contributed by atoms with Gasteiger partial charge in [0.25, 0.3) is 5.91 Å². The van der Waals surface area contributed by atoms with Crippen LogP contribution in [0, 0.1) is 0 Å². The summed E-state index contributed by atoms with van der Waals surface area (Å²) in [6, 6.07) is 0.396. The molecule has 1 unspecified atom stereocenters. The summed E-state index contributed by atoms with van der Waals surface area (Å²) in [4.78, 5) is 13.4. The van der Waals surface area contributed by atoms with Crippen molar-refractivity contribution < 1.29 is 4.79 Å². The van der Waals surface area contributed by atoms with Crippen LogP contribution in [0.2, 0.25) is 0 Å². The zero-order chi connectivity index (χ0) is 8.55. The number of hydrogen-bond donors (Lipinski definition) is 1. The lowest BCUT2D eigenvalue weighted by Gasteiger charge is -2.38. The number of nitrogens with zero attached hydrogens (tertiary/aromatic N) is 2. The molecule has 64 valence electrons. The first-order chi connectivity index (χ1) is 5.79. The van der Waals surface area contributed by atoms with E-state index >= 15 is 0 Å². The van der Waals surface area contributed by atoms with E-state index in [9.17, 15) is 4.79 Å². The van der Waals surface area contributed by atoms with Crippen molar-refractivity contribution >= 4 is 5.91 Å². The topological polar surface area (TPSA) is 49.0 Å². The van der Waals surface area contributed by atoms with Crippen LogP contribution in [-0.2, 0) is 0 Å². The van der Waals surface area contributed by atoms with Gasteiger partial charge < -0.3 is 4.90 Å². The second kappa shape index (κ2) is 2.62. The maximum atomic E-state index is 11.6. The van der Waals surface area contributed by atoms with E-state index in [1.54, 1.807) is 12.4 Å². The second-order valence-electron chi connectivity index (χ2n) is 3.12. The summed E-state index contributed by atoms with van der Waals surface area (Å²) < 4.78 is 0. The molecule has 1 aromatic heterocycles. The Bertz CT molecular complexity index is 281. The van der Waals surface area contributed by atoms with Gasteiger partial charge in [0.15, 0.2) is 0 Å².